The number of hydrogen-bond acceptors (Lipinski definition) is 6. The lowest BCUT2D eigenvalue weighted by Gasteiger charge is -2.43. The topological polar surface area (TPSA) is 102 Å². The van der Waals surface area contributed by atoms with Gasteiger partial charge in [0.1, 0.15) is 11.9 Å². The van der Waals surface area contributed by atoms with E-state index in [-0.39, 0.29) is 17.9 Å². The van der Waals surface area contributed by atoms with Crippen LogP contribution in [0.1, 0.15) is 27.2 Å². The predicted molar refractivity (Wildman–Crippen MR) is 123 cm³/mol. The number of hydrogen-bond donors (Lipinski definition) is 3. The van der Waals surface area contributed by atoms with Crippen molar-refractivity contribution in [3.8, 4) is 5.75 Å². The van der Waals surface area contributed by atoms with Gasteiger partial charge >= 0.3 is 0 Å². The van der Waals surface area contributed by atoms with Gasteiger partial charge in [-0.3, -0.25) is 14.8 Å². The van der Waals surface area contributed by atoms with Gasteiger partial charge < -0.3 is 19.6 Å². The van der Waals surface area contributed by atoms with Gasteiger partial charge in [0.15, 0.2) is 0 Å². The molecule has 3 atom stereocenters. The number of amides is 2. The number of aliphatic hydroxyl groups is 1. The minimum Gasteiger partial charge on any atom is -0.497 e. The molecule has 3 rings (SSSR count). The van der Waals surface area contributed by atoms with E-state index in [0.717, 1.165) is 22.2 Å². The van der Waals surface area contributed by atoms with E-state index in [4.69, 9.17) is 9.94 Å². The summed E-state index contributed by atoms with van der Waals surface area (Å²) in [6.07, 6.45) is -1.23. The normalized spacial score (nSPS) is 18.5. The van der Waals surface area contributed by atoms with Crippen LogP contribution in [-0.4, -0.2) is 65.9 Å². The fourth-order valence-electron chi connectivity index (χ4n) is 4.39. The number of methoxy groups -OCH3 is 1. The van der Waals surface area contributed by atoms with E-state index in [0.29, 0.717) is 26.1 Å². The van der Waals surface area contributed by atoms with Gasteiger partial charge in [-0.15, -0.1) is 0 Å². The standard InChI is InChI=1S/C24H33N3O5/c1-15(2)11-21(22(28)23(29)25-31)24(30)27-10-9-26(14-16(27)3)19-7-5-18-13-20(32-4)8-6-17(18)12-19/h5-8,12-13,15-16,21-22,28,31H,9-11,14H2,1-4H3,(H,25,29)/t16-,21+,22+/m1/s1. The molecule has 1 aliphatic heterocycles. The molecule has 1 fully saturated rings. The highest BCUT2D eigenvalue weighted by molar-refractivity contribution is 5.89. The first kappa shape index (κ1) is 23.8. The van der Waals surface area contributed by atoms with Gasteiger partial charge in [0, 0.05) is 31.4 Å². The zero-order valence-electron chi connectivity index (χ0n) is 19.1. The second-order valence-corrected chi connectivity index (χ2v) is 8.88. The van der Waals surface area contributed by atoms with Gasteiger partial charge in [-0.2, -0.15) is 0 Å². The van der Waals surface area contributed by atoms with Gasteiger partial charge in [0.25, 0.3) is 5.91 Å². The van der Waals surface area contributed by atoms with Crippen molar-refractivity contribution in [3.63, 3.8) is 0 Å². The van der Waals surface area contributed by atoms with E-state index in [1.807, 2.05) is 39.0 Å². The van der Waals surface area contributed by atoms with Gasteiger partial charge in [-0.25, -0.2) is 5.48 Å². The maximum Gasteiger partial charge on any atom is 0.272 e. The molecular weight excluding hydrogens is 410 g/mol. The van der Waals surface area contributed by atoms with E-state index in [9.17, 15) is 14.7 Å². The van der Waals surface area contributed by atoms with E-state index in [2.05, 4.69) is 23.1 Å². The number of anilines is 1. The van der Waals surface area contributed by atoms with Gasteiger partial charge in [-0.1, -0.05) is 26.0 Å². The van der Waals surface area contributed by atoms with Crippen molar-refractivity contribution in [3.05, 3.63) is 36.4 Å². The number of fused-ring (bicyclic) bond motifs is 1. The minimum absolute atomic E-state index is 0.0955. The Morgan fingerprint density at radius 1 is 1.16 bits per heavy atom. The Bertz CT molecular complexity index is 964. The molecule has 0 spiro atoms. The molecule has 0 saturated carbocycles. The van der Waals surface area contributed by atoms with Crippen molar-refractivity contribution < 1.29 is 24.6 Å². The Balaban J connectivity index is 1.74. The Hall–Kier alpha value is -2.84. The first-order valence-electron chi connectivity index (χ1n) is 11.0. The van der Waals surface area contributed by atoms with Crippen LogP contribution in [0.3, 0.4) is 0 Å². The number of nitrogens with zero attached hydrogens (tertiary/aromatic N) is 2. The minimum atomic E-state index is -1.59. The lowest BCUT2D eigenvalue weighted by atomic mass is 9.89. The highest BCUT2D eigenvalue weighted by atomic mass is 16.5. The molecule has 1 saturated heterocycles. The molecule has 0 aromatic heterocycles. The van der Waals surface area contributed by atoms with Crippen molar-refractivity contribution >= 4 is 28.3 Å². The van der Waals surface area contributed by atoms with Crippen LogP contribution in [0.25, 0.3) is 10.8 Å². The van der Waals surface area contributed by atoms with Crippen LogP contribution in [0.2, 0.25) is 0 Å². The van der Waals surface area contributed by atoms with E-state index in [1.54, 1.807) is 12.0 Å². The van der Waals surface area contributed by atoms with Crippen LogP contribution in [0.15, 0.2) is 36.4 Å². The van der Waals surface area contributed by atoms with Crippen LogP contribution in [0.4, 0.5) is 5.69 Å². The van der Waals surface area contributed by atoms with Crippen LogP contribution >= 0.6 is 0 Å². The molecule has 3 N–H and O–H groups in total. The SMILES string of the molecule is COc1ccc2cc(N3CCN(C(=O)[C@@H](CC(C)C)[C@H](O)C(=O)NO)[C@H](C)C3)ccc2c1. The van der Waals surface area contributed by atoms with Crippen molar-refractivity contribution in [1.82, 2.24) is 10.4 Å². The summed E-state index contributed by atoms with van der Waals surface area (Å²) in [7, 11) is 1.65. The molecule has 2 amide bonds. The quantitative estimate of drug-likeness (QED) is 0.449. The van der Waals surface area contributed by atoms with Crippen molar-refractivity contribution in [1.29, 1.82) is 0 Å². The number of benzene rings is 2. The smallest absolute Gasteiger partial charge is 0.272 e. The molecule has 0 bridgehead atoms. The molecular formula is C24H33N3O5. The largest absolute Gasteiger partial charge is 0.497 e. The van der Waals surface area contributed by atoms with Gasteiger partial charge in [-0.05, 0) is 54.3 Å². The zero-order valence-corrected chi connectivity index (χ0v) is 19.1. The molecule has 8 heteroatoms. The summed E-state index contributed by atoms with van der Waals surface area (Å²) in [5.41, 5.74) is 2.55. The summed E-state index contributed by atoms with van der Waals surface area (Å²) in [6, 6.07) is 12.2. The van der Waals surface area contributed by atoms with Crippen LogP contribution in [0, 0.1) is 11.8 Å². The molecule has 32 heavy (non-hydrogen) atoms. The number of nitrogens with one attached hydrogen (secondary N) is 1. The average molecular weight is 444 g/mol. The fourth-order valence-corrected chi connectivity index (χ4v) is 4.39. The van der Waals surface area contributed by atoms with Crippen LogP contribution < -0.4 is 15.1 Å². The highest BCUT2D eigenvalue weighted by Crippen LogP contribution is 2.28. The first-order chi connectivity index (χ1) is 15.2. The lowest BCUT2D eigenvalue weighted by molar-refractivity contribution is -0.152. The first-order valence-corrected chi connectivity index (χ1v) is 11.0. The van der Waals surface area contributed by atoms with Gasteiger partial charge in [0.2, 0.25) is 5.91 Å². The van der Waals surface area contributed by atoms with E-state index in [1.165, 1.54) is 5.48 Å². The molecule has 1 heterocycles. The van der Waals surface area contributed by atoms with Crippen LogP contribution in [0.5, 0.6) is 5.75 Å². The lowest BCUT2D eigenvalue weighted by Crippen LogP contribution is -2.57. The van der Waals surface area contributed by atoms with E-state index >= 15 is 0 Å². The van der Waals surface area contributed by atoms with E-state index < -0.39 is 17.9 Å². The highest BCUT2D eigenvalue weighted by Gasteiger charge is 2.38. The molecule has 174 valence electrons. The monoisotopic (exact) mass is 443 g/mol. The molecule has 1 aliphatic rings. The molecule has 0 unspecified atom stereocenters. The zero-order chi connectivity index (χ0) is 23.4. The molecule has 0 aliphatic carbocycles. The molecule has 8 nitrogen and oxygen atoms in total. The second-order valence-electron chi connectivity index (χ2n) is 8.88. The number of carbonyl (C=O) groups is 2. The summed E-state index contributed by atoms with van der Waals surface area (Å²) in [5, 5.41) is 21.5. The third-order valence-corrected chi connectivity index (χ3v) is 6.11. The Morgan fingerprint density at radius 2 is 1.84 bits per heavy atom. The maximum absolute atomic E-state index is 13.3. The Morgan fingerprint density at radius 3 is 2.47 bits per heavy atom. The van der Waals surface area contributed by atoms with Crippen molar-refractivity contribution in [2.75, 3.05) is 31.6 Å². The number of carbonyl (C=O) groups excluding carboxylic acids is 2. The number of piperazine rings is 1. The summed E-state index contributed by atoms with van der Waals surface area (Å²) in [4.78, 5) is 29.0. The number of ether oxygens (including phenoxy) is 1. The predicted octanol–water partition coefficient (Wildman–Crippen LogP) is 2.41. The summed E-state index contributed by atoms with van der Waals surface area (Å²) in [6.45, 7) is 7.61. The summed E-state index contributed by atoms with van der Waals surface area (Å²) < 4.78 is 5.29. The molecule has 2 aromatic rings. The van der Waals surface area contributed by atoms with Crippen LogP contribution in [-0.2, 0) is 9.59 Å². The summed E-state index contributed by atoms with van der Waals surface area (Å²) in [5.74, 6) is -1.18. The fraction of sp³-hybridized carbons (Fsp3) is 0.500. The molecule has 2 aromatic carbocycles. The molecule has 0 radical (unpaired) electrons. The summed E-state index contributed by atoms with van der Waals surface area (Å²) >= 11 is 0. The van der Waals surface area contributed by atoms with Gasteiger partial charge in [0.05, 0.1) is 13.0 Å². The van der Waals surface area contributed by atoms with Crippen molar-refractivity contribution in [2.24, 2.45) is 11.8 Å². The maximum atomic E-state index is 13.3. The number of rotatable bonds is 7. The Labute approximate surface area is 188 Å². The third kappa shape index (κ3) is 5.14. The Kier molecular flexibility index (Phi) is 7.58. The average Bonchev–Trinajstić information content (AvgIpc) is 2.80. The second kappa shape index (κ2) is 10.2. The number of aliphatic hydroxyl groups excluding tert-OH is 1. The third-order valence-electron chi connectivity index (χ3n) is 6.11. The number of hydroxylamine groups is 1. The van der Waals surface area contributed by atoms with Crippen molar-refractivity contribution in [2.45, 2.75) is 39.3 Å².